The van der Waals surface area contributed by atoms with Crippen LogP contribution in [0.2, 0.25) is 15.1 Å². The summed E-state index contributed by atoms with van der Waals surface area (Å²) in [5.41, 5.74) is 1.96. The van der Waals surface area contributed by atoms with Crippen LogP contribution in [-0.4, -0.2) is 28.5 Å². The molecule has 35 heavy (non-hydrogen) atoms. The molecule has 0 aliphatic carbocycles. The van der Waals surface area contributed by atoms with E-state index >= 15 is 0 Å². The molecule has 3 aromatic rings. The SMILES string of the molecule is O=C(CN1C(=O)S/C(=C/c2cccc(OCc3ccc(Cl)cc3Cl)c2)C1=O)Nc1ccc(Cl)cc1. The Kier molecular flexibility index (Phi) is 8.03. The number of nitrogens with zero attached hydrogens (tertiary/aromatic N) is 1. The normalized spacial score (nSPS) is 14.5. The molecule has 0 unspecified atom stereocenters. The lowest BCUT2D eigenvalue weighted by atomic mass is 10.2. The maximum Gasteiger partial charge on any atom is 0.294 e. The number of benzene rings is 3. The van der Waals surface area contributed by atoms with E-state index in [1.54, 1.807) is 72.8 Å². The topological polar surface area (TPSA) is 75.7 Å². The van der Waals surface area contributed by atoms with Crippen LogP contribution in [0.5, 0.6) is 5.75 Å². The zero-order chi connectivity index (χ0) is 24.9. The monoisotopic (exact) mass is 546 g/mol. The molecule has 1 saturated heterocycles. The number of ether oxygens (including phenoxy) is 1. The number of halogens is 3. The minimum Gasteiger partial charge on any atom is -0.489 e. The first-order chi connectivity index (χ1) is 16.8. The fourth-order valence-electron chi connectivity index (χ4n) is 3.16. The zero-order valence-electron chi connectivity index (χ0n) is 18.0. The van der Waals surface area contributed by atoms with Crippen LogP contribution in [0.4, 0.5) is 10.5 Å². The molecule has 1 fully saturated rings. The maximum atomic E-state index is 12.8. The van der Waals surface area contributed by atoms with Crippen molar-refractivity contribution in [2.24, 2.45) is 0 Å². The Hall–Kier alpha value is -2.97. The van der Waals surface area contributed by atoms with Gasteiger partial charge in [-0.15, -0.1) is 0 Å². The third kappa shape index (κ3) is 6.58. The smallest absolute Gasteiger partial charge is 0.294 e. The van der Waals surface area contributed by atoms with Crippen molar-refractivity contribution in [1.29, 1.82) is 0 Å². The van der Waals surface area contributed by atoms with Crippen LogP contribution in [0.15, 0.2) is 71.6 Å². The molecule has 0 saturated carbocycles. The van der Waals surface area contributed by atoms with E-state index in [0.717, 1.165) is 22.2 Å². The maximum absolute atomic E-state index is 12.8. The van der Waals surface area contributed by atoms with Crippen LogP contribution >= 0.6 is 46.6 Å². The predicted molar refractivity (Wildman–Crippen MR) is 140 cm³/mol. The number of anilines is 1. The summed E-state index contributed by atoms with van der Waals surface area (Å²) in [5.74, 6) is -0.469. The first kappa shape index (κ1) is 25.1. The van der Waals surface area contributed by atoms with Gasteiger partial charge in [-0.05, 0) is 71.9 Å². The van der Waals surface area contributed by atoms with Crippen LogP contribution in [0.1, 0.15) is 11.1 Å². The van der Waals surface area contributed by atoms with Crippen molar-refractivity contribution in [3.05, 3.63) is 97.8 Å². The van der Waals surface area contributed by atoms with Crippen LogP contribution in [0.25, 0.3) is 6.08 Å². The van der Waals surface area contributed by atoms with E-state index < -0.39 is 23.6 Å². The lowest BCUT2D eigenvalue weighted by molar-refractivity contribution is -0.127. The van der Waals surface area contributed by atoms with Gasteiger partial charge in [-0.2, -0.15) is 0 Å². The highest BCUT2D eigenvalue weighted by molar-refractivity contribution is 8.18. The number of nitrogens with one attached hydrogen (secondary N) is 1. The standard InChI is InChI=1S/C25H17Cl3N2O4S/c26-17-6-8-19(9-7-17)29-23(31)13-30-24(32)22(35-25(30)33)11-15-2-1-3-20(10-15)34-14-16-4-5-18(27)12-21(16)28/h1-12H,13-14H2,(H,29,31)/b22-11+. The molecule has 0 bridgehead atoms. The van der Waals surface area contributed by atoms with Crippen molar-refractivity contribution < 1.29 is 19.1 Å². The number of carbonyl (C=O) groups is 3. The molecule has 6 nitrogen and oxygen atoms in total. The molecule has 0 spiro atoms. The second kappa shape index (κ2) is 11.2. The average molecular weight is 548 g/mol. The molecule has 1 aliphatic heterocycles. The lowest BCUT2D eigenvalue weighted by Crippen LogP contribution is -2.36. The summed E-state index contributed by atoms with van der Waals surface area (Å²) >= 11 is 18.7. The van der Waals surface area contributed by atoms with Gasteiger partial charge in [0.05, 0.1) is 4.91 Å². The third-order valence-corrected chi connectivity index (χ3v) is 6.61. The summed E-state index contributed by atoms with van der Waals surface area (Å²) in [6.45, 7) is -0.158. The largest absolute Gasteiger partial charge is 0.489 e. The number of imide groups is 1. The van der Waals surface area contributed by atoms with Crippen molar-refractivity contribution in [2.45, 2.75) is 6.61 Å². The van der Waals surface area contributed by atoms with Crippen LogP contribution in [0, 0.1) is 0 Å². The number of hydrogen-bond acceptors (Lipinski definition) is 5. The van der Waals surface area contributed by atoms with Gasteiger partial charge in [-0.1, -0.05) is 53.0 Å². The van der Waals surface area contributed by atoms with Gasteiger partial charge < -0.3 is 10.1 Å². The van der Waals surface area contributed by atoms with Gasteiger partial charge in [-0.25, -0.2) is 0 Å². The van der Waals surface area contributed by atoms with Gasteiger partial charge in [0.1, 0.15) is 18.9 Å². The van der Waals surface area contributed by atoms with Crippen LogP contribution in [0.3, 0.4) is 0 Å². The van der Waals surface area contributed by atoms with Crippen molar-refractivity contribution in [1.82, 2.24) is 4.90 Å². The quantitative estimate of drug-likeness (QED) is 0.326. The van der Waals surface area contributed by atoms with Gasteiger partial charge in [0.25, 0.3) is 11.1 Å². The van der Waals surface area contributed by atoms with Gasteiger partial charge in [0, 0.05) is 26.3 Å². The Balaban J connectivity index is 1.40. The number of carbonyl (C=O) groups excluding carboxylic acids is 3. The fraction of sp³-hybridized carbons (Fsp3) is 0.0800. The van der Waals surface area contributed by atoms with E-state index in [1.807, 2.05) is 0 Å². The summed E-state index contributed by atoms with van der Waals surface area (Å²) in [6.07, 6.45) is 1.59. The van der Waals surface area contributed by atoms with Crippen molar-refractivity contribution in [3.8, 4) is 5.75 Å². The summed E-state index contributed by atoms with van der Waals surface area (Å²) < 4.78 is 5.82. The second-order valence-corrected chi connectivity index (χ2v) is 9.69. The first-order valence-corrected chi connectivity index (χ1v) is 12.2. The molecule has 1 heterocycles. The van der Waals surface area contributed by atoms with Gasteiger partial charge >= 0.3 is 0 Å². The Morgan fingerprint density at radius 2 is 1.71 bits per heavy atom. The van der Waals surface area contributed by atoms with E-state index in [2.05, 4.69) is 5.32 Å². The van der Waals surface area contributed by atoms with Crippen molar-refractivity contribution in [2.75, 3.05) is 11.9 Å². The molecule has 1 N–H and O–H groups in total. The van der Waals surface area contributed by atoms with Gasteiger partial charge in [0.15, 0.2) is 0 Å². The zero-order valence-corrected chi connectivity index (χ0v) is 21.0. The second-order valence-electron chi connectivity index (χ2n) is 7.42. The molecule has 178 valence electrons. The predicted octanol–water partition coefficient (Wildman–Crippen LogP) is 6.90. The van der Waals surface area contributed by atoms with E-state index in [9.17, 15) is 14.4 Å². The number of amides is 3. The first-order valence-electron chi connectivity index (χ1n) is 10.3. The Morgan fingerprint density at radius 3 is 2.46 bits per heavy atom. The fourth-order valence-corrected chi connectivity index (χ4v) is 4.59. The molecule has 3 aromatic carbocycles. The van der Waals surface area contributed by atoms with Crippen molar-refractivity contribution in [3.63, 3.8) is 0 Å². The average Bonchev–Trinajstić information content (AvgIpc) is 3.07. The van der Waals surface area contributed by atoms with E-state index in [-0.39, 0.29) is 11.5 Å². The molecule has 10 heteroatoms. The molecule has 4 rings (SSSR count). The van der Waals surface area contributed by atoms with Gasteiger partial charge in [-0.3, -0.25) is 19.3 Å². The minimum absolute atomic E-state index is 0.215. The molecule has 0 atom stereocenters. The Morgan fingerprint density at radius 1 is 0.971 bits per heavy atom. The highest BCUT2D eigenvalue weighted by Gasteiger charge is 2.36. The molecule has 0 aromatic heterocycles. The molecular formula is C25H17Cl3N2O4S. The third-order valence-electron chi connectivity index (χ3n) is 4.87. The van der Waals surface area contributed by atoms with Gasteiger partial charge in [0.2, 0.25) is 5.91 Å². The summed E-state index contributed by atoms with van der Waals surface area (Å²) in [6, 6.07) is 18.7. The number of rotatable bonds is 7. The van der Waals surface area contributed by atoms with Crippen LogP contribution < -0.4 is 10.1 Å². The van der Waals surface area contributed by atoms with Crippen molar-refractivity contribution >= 4 is 75.4 Å². The minimum atomic E-state index is -0.537. The number of thioether (sulfide) groups is 1. The summed E-state index contributed by atoms with van der Waals surface area (Å²) in [5, 5.41) is 3.69. The summed E-state index contributed by atoms with van der Waals surface area (Å²) in [7, 11) is 0. The van der Waals surface area contributed by atoms with E-state index in [4.69, 9.17) is 39.5 Å². The molecule has 1 aliphatic rings. The van der Waals surface area contributed by atoms with Crippen LogP contribution in [-0.2, 0) is 16.2 Å². The molecule has 3 amide bonds. The number of hydrogen-bond donors (Lipinski definition) is 1. The highest BCUT2D eigenvalue weighted by atomic mass is 35.5. The van der Waals surface area contributed by atoms with E-state index in [0.29, 0.717) is 32.1 Å². The Bertz CT molecular complexity index is 1330. The molecule has 0 radical (unpaired) electrons. The lowest BCUT2D eigenvalue weighted by Gasteiger charge is -2.12. The Labute approximate surface area is 220 Å². The van der Waals surface area contributed by atoms with E-state index in [1.165, 1.54) is 0 Å². The summed E-state index contributed by atoms with van der Waals surface area (Å²) in [4.78, 5) is 38.6. The molecular weight excluding hydrogens is 531 g/mol. The highest BCUT2D eigenvalue weighted by Crippen LogP contribution is 2.33.